The fraction of sp³-hybridized carbons (Fsp3) is 0.320. The average molecular weight is 432 g/mol. The van der Waals surface area contributed by atoms with Gasteiger partial charge >= 0.3 is 5.69 Å². The molecule has 0 fully saturated rings. The molecule has 0 saturated carbocycles. The van der Waals surface area contributed by atoms with Crippen molar-refractivity contribution < 1.29 is 4.74 Å². The summed E-state index contributed by atoms with van der Waals surface area (Å²) < 4.78 is 7.41. The topological polar surface area (TPSA) is 76.0 Å². The van der Waals surface area contributed by atoms with Crippen LogP contribution in [0.4, 0.5) is 0 Å². The molecule has 0 bridgehead atoms. The van der Waals surface area contributed by atoms with Gasteiger partial charge in [-0.2, -0.15) is 0 Å². The highest BCUT2D eigenvalue weighted by molar-refractivity contribution is 5.73. The number of fused-ring (bicyclic) bond motifs is 1. The van der Waals surface area contributed by atoms with Crippen molar-refractivity contribution in [1.82, 2.24) is 24.4 Å². The molecule has 0 radical (unpaired) electrons. The average Bonchev–Trinajstić information content (AvgIpc) is 3.09. The van der Waals surface area contributed by atoms with Gasteiger partial charge < -0.3 is 14.6 Å². The summed E-state index contributed by atoms with van der Waals surface area (Å²) in [6, 6.07) is 16.0. The number of H-pyrrole nitrogens is 1. The standard InChI is InChI=1S/C25H29N5O2/c1-17(2)20-7-5-6-8-21(20)23-26-15-22-24(28-23)30(25(31)27-22)16-18-9-11-19(12-10-18)32-14-13-29(3)4/h5-12,15,17H,13-14,16H2,1-4H3,(H,27,31). The van der Waals surface area contributed by atoms with E-state index in [9.17, 15) is 4.79 Å². The van der Waals surface area contributed by atoms with Crippen molar-refractivity contribution >= 4 is 11.2 Å². The molecular weight excluding hydrogens is 402 g/mol. The smallest absolute Gasteiger partial charge is 0.328 e. The lowest BCUT2D eigenvalue weighted by Gasteiger charge is -2.12. The molecule has 0 aliphatic rings. The number of nitrogens with zero attached hydrogens (tertiary/aromatic N) is 4. The monoisotopic (exact) mass is 431 g/mol. The first-order chi connectivity index (χ1) is 15.4. The van der Waals surface area contributed by atoms with Crippen molar-refractivity contribution in [3.05, 3.63) is 76.3 Å². The minimum Gasteiger partial charge on any atom is -0.492 e. The summed E-state index contributed by atoms with van der Waals surface area (Å²) in [6.07, 6.45) is 1.69. The van der Waals surface area contributed by atoms with E-state index in [1.165, 1.54) is 5.56 Å². The first-order valence-electron chi connectivity index (χ1n) is 10.8. The van der Waals surface area contributed by atoms with Gasteiger partial charge in [-0.05, 0) is 43.3 Å². The van der Waals surface area contributed by atoms with Crippen LogP contribution in [0.2, 0.25) is 0 Å². The van der Waals surface area contributed by atoms with Gasteiger partial charge in [0.25, 0.3) is 0 Å². The van der Waals surface area contributed by atoms with Gasteiger partial charge in [0.2, 0.25) is 0 Å². The van der Waals surface area contributed by atoms with E-state index in [2.05, 4.69) is 34.8 Å². The van der Waals surface area contributed by atoms with Crippen LogP contribution in [0, 0.1) is 0 Å². The number of aromatic amines is 1. The summed E-state index contributed by atoms with van der Waals surface area (Å²) in [5.41, 5.74) is 4.20. The van der Waals surface area contributed by atoms with Crippen molar-refractivity contribution in [2.45, 2.75) is 26.3 Å². The highest BCUT2D eigenvalue weighted by atomic mass is 16.5. The Morgan fingerprint density at radius 2 is 1.84 bits per heavy atom. The molecule has 0 amide bonds. The van der Waals surface area contributed by atoms with Gasteiger partial charge in [0, 0.05) is 12.1 Å². The lowest BCUT2D eigenvalue weighted by molar-refractivity contribution is 0.261. The highest BCUT2D eigenvalue weighted by Crippen LogP contribution is 2.27. The van der Waals surface area contributed by atoms with Crippen LogP contribution in [0.15, 0.2) is 59.5 Å². The second kappa shape index (κ2) is 9.36. The summed E-state index contributed by atoms with van der Waals surface area (Å²) in [6.45, 7) is 6.20. The molecule has 166 valence electrons. The molecule has 0 spiro atoms. The van der Waals surface area contributed by atoms with Crippen molar-refractivity contribution in [2.24, 2.45) is 0 Å². The number of aromatic nitrogens is 4. The Labute approximate surface area is 187 Å². The zero-order valence-corrected chi connectivity index (χ0v) is 19.0. The Morgan fingerprint density at radius 1 is 1.09 bits per heavy atom. The summed E-state index contributed by atoms with van der Waals surface area (Å²) in [7, 11) is 4.03. The van der Waals surface area contributed by atoms with E-state index in [4.69, 9.17) is 9.72 Å². The Morgan fingerprint density at radius 3 is 2.56 bits per heavy atom. The number of nitrogens with one attached hydrogen (secondary N) is 1. The van der Waals surface area contributed by atoms with Crippen molar-refractivity contribution in [3.8, 4) is 17.1 Å². The molecule has 0 aliphatic carbocycles. The summed E-state index contributed by atoms with van der Waals surface area (Å²) in [5.74, 6) is 1.79. The van der Waals surface area contributed by atoms with E-state index in [0.29, 0.717) is 36.1 Å². The van der Waals surface area contributed by atoms with E-state index in [0.717, 1.165) is 23.4 Å². The fourth-order valence-corrected chi connectivity index (χ4v) is 3.65. The summed E-state index contributed by atoms with van der Waals surface area (Å²) in [4.78, 5) is 26.9. The van der Waals surface area contributed by atoms with Crippen LogP contribution in [0.25, 0.3) is 22.6 Å². The SMILES string of the molecule is CC(C)c1ccccc1-c1ncc2[nH]c(=O)n(Cc3ccc(OCCN(C)C)cc3)c2n1. The van der Waals surface area contributed by atoms with Crippen LogP contribution in [-0.4, -0.2) is 51.7 Å². The van der Waals surface area contributed by atoms with Gasteiger partial charge in [-0.15, -0.1) is 0 Å². The maximum Gasteiger partial charge on any atom is 0.328 e. The largest absolute Gasteiger partial charge is 0.492 e. The fourth-order valence-electron chi connectivity index (χ4n) is 3.65. The maximum atomic E-state index is 12.6. The van der Waals surface area contributed by atoms with Gasteiger partial charge in [0.05, 0.1) is 12.7 Å². The van der Waals surface area contributed by atoms with Crippen LogP contribution in [0.3, 0.4) is 0 Å². The Kier molecular flexibility index (Phi) is 6.37. The van der Waals surface area contributed by atoms with Crippen LogP contribution < -0.4 is 10.4 Å². The van der Waals surface area contributed by atoms with Gasteiger partial charge in [-0.25, -0.2) is 14.8 Å². The van der Waals surface area contributed by atoms with E-state index in [1.54, 1.807) is 10.8 Å². The predicted octanol–water partition coefficient (Wildman–Crippen LogP) is 3.90. The third-order valence-corrected chi connectivity index (χ3v) is 5.41. The maximum absolute atomic E-state index is 12.6. The number of likely N-dealkylation sites (N-methyl/N-ethyl adjacent to an activating group) is 1. The van der Waals surface area contributed by atoms with E-state index >= 15 is 0 Å². The number of hydrogen-bond donors (Lipinski definition) is 1. The third-order valence-electron chi connectivity index (χ3n) is 5.41. The number of imidazole rings is 1. The highest BCUT2D eigenvalue weighted by Gasteiger charge is 2.14. The molecule has 2 aromatic carbocycles. The normalized spacial score (nSPS) is 11.6. The molecule has 1 N–H and O–H groups in total. The quantitative estimate of drug-likeness (QED) is 0.458. The molecule has 7 nitrogen and oxygen atoms in total. The minimum absolute atomic E-state index is 0.199. The van der Waals surface area contributed by atoms with E-state index in [-0.39, 0.29) is 5.69 Å². The lowest BCUT2D eigenvalue weighted by atomic mass is 9.97. The number of ether oxygens (including phenoxy) is 1. The number of hydrogen-bond acceptors (Lipinski definition) is 5. The molecule has 2 aromatic heterocycles. The second-order valence-corrected chi connectivity index (χ2v) is 8.48. The lowest BCUT2D eigenvalue weighted by Crippen LogP contribution is -2.19. The molecule has 4 aromatic rings. The number of rotatable bonds is 8. The Bertz CT molecular complexity index is 1260. The van der Waals surface area contributed by atoms with Gasteiger partial charge in [-0.3, -0.25) is 4.57 Å². The van der Waals surface area contributed by atoms with E-state index in [1.807, 2.05) is 56.6 Å². The van der Waals surface area contributed by atoms with Gasteiger partial charge in [0.15, 0.2) is 11.5 Å². The van der Waals surface area contributed by atoms with Gasteiger partial charge in [0.1, 0.15) is 17.9 Å². The molecule has 7 heteroatoms. The van der Waals surface area contributed by atoms with Crippen molar-refractivity contribution in [1.29, 1.82) is 0 Å². The van der Waals surface area contributed by atoms with Crippen LogP contribution in [0.5, 0.6) is 5.75 Å². The first kappa shape index (κ1) is 21.8. The molecule has 0 saturated heterocycles. The number of benzene rings is 2. The zero-order chi connectivity index (χ0) is 22.7. The van der Waals surface area contributed by atoms with E-state index < -0.39 is 0 Å². The molecule has 32 heavy (non-hydrogen) atoms. The minimum atomic E-state index is -0.199. The van der Waals surface area contributed by atoms with Crippen LogP contribution >= 0.6 is 0 Å². The molecule has 0 aliphatic heterocycles. The Hall–Kier alpha value is -3.45. The molecule has 4 rings (SSSR count). The van der Waals surface area contributed by atoms with Crippen molar-refractivity contribution in [3.63, 3.8) is 0 Å². The van der Waals surface area contributed by atoms with Gasteiger partial charge in [-0.1, -0.05) is 50.2 Å². The zero-order valence-electron chi connectivity index (χ0n) is 19.0. The summed E-state index contributed by atoms with van der Waals surface area (Å²) >= 11 is 0. The molecular formula is C25H29N5O2. The summed E-state index contributed by atoms with van der Waals surface area (Å²) in [5, 5.41) is 0. The van der Waals surface area contributed by atoms with Crippen molar-refractivity contribution in [2.75, 3.05) is 27.2 Å². The molecule has 2 heterocycles. The second-order valence-electron chi connectivity index (χ2n) is 8.48. The third kappa shape index (κ3) is 4.73. The molecule has 0 atom stereocenters. The first-order valence-corrected chi connectivity index (χ1v) is 10.8. The van der Waals surface area contributed by atoms with Crippen LogP contribution in [-0.2, 0) is 6.54 Å². The van der Waals surface area contributed by atoms with Crippen LogP contribution in [0.1, 0.15) is 30.9 Å². The Balaban J connectivity index is 1.62. The molecule has 0 unspecified atom stereocenters. The predicted molar refractivity (Wildman–Crippen MR) is 127 cm³/mol.